The molecule has 0 unspecified atom stereocenters. The molecule has 0 aliphatic heterocycles. The molecule has 1 aromatic heterocycles. The Morgan fingerprint density at radius 2 is 2.17 bits per heavy atom. The number of benzene rings is 1. The molecular weight excluding hydrogens is 321 g/mol. The van der Waals surface area contributed by atoms with Gasteiger partial charge in [0.2, 0.25) is 0 Å². The van der Waals surface area contributed by atoms with Gasteiger partial charge in [0.25, 0.3) is 0 Å². The highest BCUT2D eigenvalue weighted by atomic mass is 79.9. The van der Waals surface area contributed by atoms with Crippen LogP contribution >= 0.6 is 27.5 Å². The van der Waals surface area contributed by atoms with Crippen molar-refractivity contribution >= 4 is 27.5 Å². The Kier molecular flexibility index (Phi) is 4.35. The minimum Gasteiger partial charge on any atom is -0.310 e. The van der Waals surface area contributed by atoms with Crippen molar-refractivity contribution in [2.45, 2.75) is 25.8 Å². The third-order valence-electron chi connectivity index (χ3n) is 2.58. The predicted octanol–water partition coefficient (Wildman–Crippen LogP) is 4.00. The third kappa shape index (κ3) is 2.42. The number of rotatable bonds is 4. The summed E-state index contributed by atoms with van der Waals surface area (Å²) in [6.07, 6.45) is 0.904. The van der Waals surface area contributed by atoms with E-state index < -0.39 is 0 Å². The van der Waals surface area contributed by atoms with Crippen molar-refractivity contribution in [2.24, 2.45) is 0 Å². The summed E-state index contributed by atoms with van der Waals surface area (Å²) >= 11 is 9.17. The average molecular weight is 333 g/mol. The molecule has 0 aliphatic carbocycles. The Labute approximate surface area is 118 Å². The first kappa shape index (κ1) is 13.5. The molecule has 0 radical (unpaired) electrons. The fourth-order valence-electron chi connectivity index (χ4n) is 1.79. The van der Waals surface area contributed by atoms with Crippen molar-refractivity contribution in [1.29, 1.82) is 0 Å². The summed E-state index contributed by atoms with van der Waals surface area (Å²) in [6.45, 7) is 2.75. The highest BCUT2D eigenvalue weighted by Crippen LogP contribution is 2.30. The van der Waals surface area contributed by atoms with E-state index >= 15 is 0 Å². The summed E-state index contributed by atoms with van der Waals surface area (Å²) in [7, 11) is 0. The van der Waals surface area contributed by atoms with Gasteiger partial charge < -0.3 is 4.57 Å². The monoisotopic (exact) mass is 331 g/mol. The zero-order chi connectivity index (χ0) is 13.1. The van der Waals surface area contributed by atoms with Crippen LogP contribution in [0.3, 0.4) is 0 Å². The molecule has 2 rings (SSSR count). The fraction of sp³-hybridized carbons (Fsp3) is 0.333. The summed E-state index contributed by atoms with van der Waals surface area (Å²) in [5, 5.41) is 8.06. The van der Waals surface area contributed by atoms with Gasteiger partial charge in [-0.1, -0.05) is 13.0 Å². The van der Waals surface area contributed by atoms with E-state index in [-0.39, 0.29) is 11.7 Å². The molecule has 96 valence electrons. The second kappa shape index (κ2) is 5.80. The van der Waals surface area contributed by atoms with Crippen molar-refractivity contribution < 1.29 is 4.39 Å². The SMILES string of the molecule is CCCn1c(CCl)nnc1-c1c(F)cccc1Br. The lowest BCUT2D eigenvalue weighted by Gasteiger charge is -2.09. The average Bonchev–Trinajstić information content (AvgIpc) is 2.73. The lowest BCUT2D eigenvalue weighted by Crippen LogP contribution is -2.05. The zero-order valence-electron chi connectivity index (χ0n) is 9.83. The molecule has 0 N–H and O–H groups in total. The smallest absolute Gasteiger partial charge is 0.168 e. The molecule has 0 spiro atoms. The second-order valence-electron chi connectivity index (χ2n) is 3.82. The largest absolute Gasteiger partial charge is 0.310 e. The van der Waals surface area contributed by atoms with Crippen LogP contribution in [0.25, 0.3) is 11.4 Å². The molecule has 0 amide bonds. The Bertz CT molecular complexity index is 536. The molecule has 0 bridgehead atoms. The van der Waals surface area contributed by atoms with Crippen LogP contribution in [0, 0.1) is 5.82 Å². The lowest BCUT2D eigenvalue weighted by molar-refractivity contribution is 0.620. The van der Waals surface area contributed by atoms with Crippen molar-refractivity contribution in [1.82, 2.24) is 14.8 Å². The topological polar surface area (TPSA) is 30.7 Å². The molecule has 0 saturated heterocycles. The quantitative estimate of drug-likeness (QED) is 0.792. The van der Waals surface area contributed by atoms with E-state index in [2.05, 4.69) is 26.1 Å². The van der Waals surface area contributed by atoms with Crippen LogP contribution in [0.2, 0.25) is 0 Å². The number of nitrogens with zero attached hydrogens (tertiary/aromatic N) is 3. The standard InChI is InChI=1S/C12H12BrClFN3/c1-2-6-18-10(7-14)16-17-12(18)11-8(13)4-3-5-9(11)15/h3-5H,2,6-7H2,1H3. The van der Waals surface area contributed by atoms with Gasteiger partial charge in [0.15, 0.2) is 5.82 Å². The first-order valence-electron chi connectivity index (χ1n) is 5.61. The fourth-order valence-corrected chi connectivity index (χ4v) is 2.51. The Morgan fingerprint density at radius 3 is 2.78 bits per heavy atom. The van der Waals surface area contributed by atoms with Gasteiger partial charge in [0.05, 0.1) is 11.4 Å². The van der Waals surface area contributed by atoms with E-state index in [1.165, 1.54) is 6.07 Å². The van der Waals surface area contributed by atoms with Gasteiger partial charge in [-0.2, -0.15) is 0 Å². The lowest BCUT2D eigenvalue weighted by atomic mass is 10.2. The second-order valence-corrected chi connectivity index (χ2v) is 4.94. The van der Waals surface area contributed by atoms with Crippen molar-refractivity contribution in [3.63, 3.8) is 0 Å². The number of hydrogen-bond donors (Lipinski definition) is 0. The Morgan fingerprint density at radius 1 is 1.39 bits per heavy atom. The van der Waals surface area contributed by atoms with Gasteiger partial charge in [0, 0.05) is 11.0 Å². The van der Waals surface area contributed by atoms with Crippen molar-refractivity contribution in [3.8, 4) is 11.4 Å². The number of alkyl halides is 1. The normalized spacial score (nSPS) is 10.9. The molecule has 1 aromatic carbocycles. The van der Waals surface area contributed by atoms with Gasteiger partial charge in [-0.15, -0.1) is 21.8 Å². The van der Waals surface area contributed by atoms with Gasteiger partial charge in [-0.25, -0.2) is 4.39 Å². The van der Waals surface area contributed by atoms with Crippen LogP contribution < -0.4 is 0 Å². The number of hydrogen-bond acceptors (Lipinski definition) is 2. The molecular formula is C12H12BrClFN3. The molecule has 0 saturated carbocycles. The maximum atomic E-state index is 13.9. The summed E-state index contributed by atoms with van der Waals surface area (Å²) in [4.78, 5) is 0. The van der Waals surface area contributed by atoms with Crippen LogP contribution in [-0.4, -0.2) is 14.8 Å². The van der Waals surface area contributed by atoms with Crippen molar-refractivity contribution in [2.75, 3.05) is 0 Å². The first-order valence-corrected chi connectivity index (χ1v) is 6.94. The highest BCUT2D eigenvalue weighted by molar-refractivity contribution is 9.10. The minimum atomic E-state index is -0.324. The Balaban J connectivity index is 2.60. The molecule has 1 heterocycles. The van der Waals surface area contributed by atoms with Crippen LogP contribution in [0.15, 0.2) is 22.7 Å². The molecule has 6 heteroatoms. The molecule has 18 heavy (non-hydrogen) atoms. The van der Waals surface area contributed by atoms with Crippen molar-refractivity contribution in [3.05, 3.63) is 34.3 Å². The van der Waals surface area contributed by atoms with Crippen LogP contribution in [0.5, 0.6) is 0 Å². The maximum absolute atomic E-state index is 13.9. The van der Waals surface area contributed by atoms with E-state index in [4.69, 9.17) is 11.6 Å². The van der Waals surface area contributed by atoms with E-state index in [0.29, 0.717) is 28.2 Å². The van der Waals surface area contributed by atoms with E-state index in [9.17, 15) is 4.39 Å². The predicted molar refractivity (Wildman–Crippen MR) is 73.0 cm³/mol. The molecule has 2 aromatic rings. The summed E-state index contributed by atoms with van der Waals surface area (Å²) in [5.74, 6) is 1.11. The van der Waals surface area contributed by atoms with Crippen LogP contribution in [-0.2, 0) is 12.4 Å². The summed E-state index contributed by atoms with van der Waals surface area (Å²) < 4.78 is 16.4. The minimum absolute atomic E-state index is 0.263. The zero-order valence-corrected chi connectivity index (χ0v) is 12.2. The Hall–Kier alpha value is -0.940. The van der Waals surface area contributed by atoms with Gasteiger partial charge in [-0.3, -0.25) is 0 Å². The number of aromatic nitrogens is 3. The molecule has 0 fully saturated rings. The highest BCUT2D eigenvalue weighted by Gasteiger charge is 2.18. The van der Waals surface area contributed by atoms with E-state index in [0.717, 1.165) is 6.42 Å². The van der Waals surface area contributed by atoms with E-state index in [1.54, 1.807) is 12.1 Å². The van der Waals surface area contributed by atoms with Gasteiger partial charge >= 0.3 is 0 Å². The molecule has 0 atom stereocenters. The molecule has 0 aliphatic rings. The van der Waals surface area contributed by atoms with Crippen LogP contribution in [0.1, 0.15) is 19.2 Å². The third-order valence-corrected chi connectivity index (χ3v) is 3.48. The number of halogens is 3. The summed E-state index contributed by atoms with van der Waals surface area (Å²) in [5.41, 5.74) is 0.426. The molecule has 3 nitrogen and oxygen atoms in total. The maximum Gasteiger partial charge on any atom is 0.168 e. The first-order chi connectivity index (χ1) is 8.69. The summed E-state index contributed by atoms with van der Waals surface area (Å²) in [6, 6.07) is 4.83. The van der Waals surface area contributed by atoms with Gasteiger partial charge in [-0.05, 0) is 34.5 Å². The van der Waals surface area contributed by atoms with Gasteiger partial charge in [0.1, 0.15) is 11.6 Å². The van der Waals surface area contributed by atoms with E-state index in [1.807, 2.05) is 11.5 Å². The van der Waals surface area contributed by atoms with Crippen LogP contribution in [0.4, 0.5) is 4.39 Å².